The van der Waals surface area contributed by atoms with E-state index in [1.165, 1.54) is 15.8 Å². The van der Waals surface area contributed by atoms with Crippen molar-refractivity contribution >= 4 is 28.2 Å². The lowest BCUT2D eigenvalue weighted by atomic mass is 10.1. The number of aromatic carboxylic acids is 1. The first-order valence-electron chi connectivity index (χ1n) is 11.7. The minimum Gasteiger partial charge on any atom is -0.477 e. The van der Waals surface area contributed by atoms with Crippen LogP contribution in [0.15, 0.2) is 47.3 Å². The van der Waals surface area contributed by atoms with Gasteiger partial charge in [0, 0.05) is 69.6 Å². The van der Waals surface area contributed by atoms with E-state index in [-0.39, 0.29) is 11.4 Å². The van der Waals surface area contributed by atoms with Crippen molar-refractivity contribution in [2.24, 2.45) is 0 Å². The normalized spacial score (nSPS) is 16.7. The van der Waals surface area contributed by atoms with Crippen LogP contribution in [0.25, 0.3) is 10.9 Å². The number of anilines is 2. The molecule has 0 unspecified atom stereocenters. The van der Waals surface area contributed by atoms with Gasteiger partial charge in [0.05, 0.1) is 5.52 Å². The fraction of sp³-hybridized carbons (Fsp3) is 0.385. The molecule has 0 spiro atoms. The highest BCUT2D eigenvalue weighted by Crippen LogP contribution is 2.39. The average Bonchev–Trinajstić information content (AvgIpc) is 3.65. The van der Waals surface area contributed by atoms with Crippen molar-refractivity contribution in [1.29, 1.82) is 0 Å². The molecule has 1 N–H and O–H groups in total. The van der Waals surface area contributed by atoms with Crippen LogP contribution in [0, 0.1) is 5.95 Å². The highest BCUT2D eigenvalue weighted by molar-refractivity contribution is 5.94. The summed E-state index contributed by atoms with van der Waals surface area (Å²) in [4.78, 5) is 31.0. The molecule has 178 valence electrons. The van der Waals surface area contributed by atoms with Crippen molar-refractivity contribution in [3.63, 3.8) is 0 Å². The molecule has 3 aromatic rings. The van der Waals surface area contributed by atoms with E-state index in [9.17, 15) is 14.7 Å². The summed E-state index contributed by atoms with van der Waals surface area (Å²) in [7, 11) is 4.06. The predicted octanol–water partition coefficient (Wildman–Crippen LogP) is 3.56. The second kappa shape index (κ2) is 8.76. The number of pyridine rings is 1. The van der Waals surface area contributed by atoms with Crippen LogP contribution in [-0.2, 0) is 6.54 Å². The third-order valence-electron chi connectivity index (χ3n) is 6.85. The van der Waals surface area contributed by atoms with Crippen LogP contribution in [0.1, 0.15) is 34.8 Å². The Labute approximate surface area is 197 Å². The SMILES string of the molecule is CN(C)c1ccc(CN2CCN(c3ccc4c(=O)c(C(=O)O)c(F)n(C5CC5)c4c3)CC2)cc1. The zero-order chi connectivity index (χ0) is 24.0. The first-order chi connectivity index (χ1) is 16.3. The Morgan fingerprint density at radius 3 is 2.32 bits per heavy atom. The molecule has 5 rings (SSSR count). The quantitative estimate of drug-likeness (QED) is 0.563. The highest BCUT2D eigenvalue weighted by atomic mass is 19.1. The molecule has 2 aliphatic rings. The molecule has 0 bridgehead atoms. The molecule has 0 radical (unpaired) electrons. The Bertz CT molecular complexity index is 1290. The molecule has 1 aliphatic carbocycles. The van der Waals surface area contributed by atoms with E-state index < -0.39 is 22.9 Å². The predicted molar refractivity (Wildman–Crippen MR) is 132 cm³/mol. The van der Waals surface area contributed by atoms with Crippen LogP contribution < -0.4 is 15.2 Å². The van der Waals surface area contributed by atoms with Gasteiger partial charge in [-0.3, -0.25) is 9.69 Å². The number of carboxylic acids is 1. The van der Waals surface area contributed by atoms with Crippen LogP contribution in [0.4, 0.5) is 15.8 Å². The summed E-state index contributed by atoms with van der Waals surface area (Å²) in [5, 5.41) is 9.65. The van der Waals surface area contributed by atoms with Crippen LogP contribution in [0.5, 0.6) is 0 Å². The third kappa shape index (κ3) is 4.14. The molecule has 1 saturated heterocycles. The zero-order valence-electron chi connectivity index (χ0n) is 19.5. The fourth-order valence-corrected chi connectivity index (χ4v) is 4.76. The van der Waals surface area contributed by atoms with Crippen molar-refractivity contribution in [3.05, 3.63) is 69.8 Å². The Balaban J connectivity index is 1.35. The van der Waals surface area contributed by atoms with E-state index in [0.29, 0.717) is 5.52 Å². The number of carboxylic acid groups (broad SMARTS) is 1. The van der Waals surface area contributed by atoms with Gasteiger partial charge in [0.2, 0.25) is 11.4 Å². The van der Waals surface area contributed by atoms with E-state index in [1.54, 1.807) is 6.07 Å². The van der Waals surface area contributed by atoms with Gasteiger partial charge in [-0.1, -0.05) is 12.1 Å². The van der Waals surface area contributed by atoms with Crippen molar-refractivity contribution in [2.75, 3.05) is 50.1 Å². The number of rotatable bonds is 6. The summed E-state index contributed by atoms with van der Waals surface area (Å²) in [5.41, 5.74) is 2.35. The lowest BCUT2D eigenvalue weighted by Gasteiger charge is -2.36. The monoisotopic (exact) mass is 464 g/mol. The molecule has 2 aromatic carbocycles. The zero-order valence-corrected chi connectivity index (χ0v) is 19.5. The Hall–Kier alpha value is -3.39. The van der Waals surface area contributed by atoms with Crippen LogP contribution in [0.2, 0.25) is 0 Å². The molecular weight excluding hydrogens is 435 g/mol. The van der Waals surface area contributed by atoms with Crippen LogP contribution >= 0.6 is 0 Å². The van der Waals surface area contributed by atoms with Gasteiger partial charge in [0.1, 0.15) is 0 Å². The summed E-state index contributed by atoms with van der Waals surface area (Å²) in [6.07, 6.45) is 1.57. The number of hydrogen-bond acceptors (Lipinski definition) is 5. The van der Waals surface area contributed by atoms with Gasteiger partial charge in [-0.05, 0) is 48.7 Å². The van der Waals surface area contributed by atoms with Crippen molar-refractivity contribution in [2.45, 2.75) is 25.4 Å². The first kappa shape index (κ1) is 22.4. The Morgan fingerprint density at radius 2 is 1.74 bits per heavy atom. The van der Waals surface area contributed by atoms with Gasteiger partial charge in [-0.2, -0.15) is 4.39 Å². The summed E-state index contributed by atoms with van der Waals surface area (Å²) in [6, 6.07) is 13.9. The maximum Gasteiger partial charge on any atom is 0.344 e. The van der Waals surface area contributed by atoms with Gasteiger partial charge in [0.25, 0.3) is 0 Å². The summed E-state index contributed by atoms with van der Waals surface area (Å²) in [5.74, 6) is -2.45. The number of aromatic nitrogens is 1. The molecule has 0 amide bonds. The number of piperazine rings is 1. The lowest BCUT2D eigenvalue weighted by molar-refractivity contribution is 0.0688. The van der Waals surface area contributed by atoms with E-state index in [4.69, 9.17) is 0 Å². The Kier molecular flexibility index (Phi) is 5.77. The molecular formula is C26H29FN4O3. The highest BCUT2D eigenvalue weighted by Gasteiger charge is 2.32. The minimum atomic E-state index is -1.52. The van der Waals surface area contributed by atoms with Crippen LogP contribution in [0.3, 0.4) is 0 Å². The second-order valence-corrected chi connectivity index (χ2v) is 9.43. The fourth-order valence-electron chi connectivity index (χ4n) is 4.76. The van der Waals surface area contributed by atoms with E-state index >= 15 is 4.39 Å². The van der Waals surface area contributed by atoms with E-state index in [2.05, 4.69) is 39.0 Å². The molecule has 0 atom stereocenters. The number of fused-ring (bicyclic) bond motifs is 1. The maximum absolute atomic E-state index is 15.1. The van der Waals surface area contributed by atoms with Gasteiger partial charge in [0.15, 0.2) is 5.56 Å². The topological polar surface area (TPSA) is 69.0 Å². The number of benzene rings is 2. The number of carbonyl (C=O) groups is 1. The molecule has 34 heavy (non-hydrogen) atoms. The molecule has 8 heteroatoms. The largest absolute Gasteiger partial charge is 0.477 e. The molecule has 7 nitrogen and oxygen atoms in total. The Morgan fingerprint density at radius 1 is 1.06 bits per heavy atom. The van der Waals surface area contributed by atoms with Crippen LogP contribution in [-0.4, -0.2) is 60.8 Å². The van der Waals surface area contributed by atoms with Gasteiger partial charge >= 0.3 is 5.97 Å². The third-order valence-corrected chi connectivity index (χ3v) is 6.85. The smallest absolute Gasteiger partial charge is 0.344 e. The van der Waals surface area contributed by atoms with E-state index in [1.807, 2.05) is 26.2 Å². The number of hydrogen-bond donors (Lipinski definition) is 1. The molecule has 1 aliphatic heterocycles. The standard InChI is InChI=1S/C26H29FN4O3/c1-28(2)18-5-3-17(4-6-18)16-29-11-13-30(14-12-29)20-9-10-21-22(15-20)31(19-7-8-19)25(27)23(24(21)32)26(33)34/h3-6,9-10,15,19H,7-8,11-14,16H2,1-2H3,(H,33,34). The van der Waals surface area contributed by atoms with Crippen molar-refractivity contribution in [3.8, 4) is 0 Å². The second-order valence-electron chi connectivity index (χ2n) is 9.43. The molecule has 1 saturated carbocycles. The first-order valence-corrected chi connectivity index (χ1v) is 11.7. The average molecular weight is 465 g/mol. The van der Waals surface area contributed by atoms with Crippen molar-refractivity contribution < 1.29 is 14.3 Å². The van der Waals surface area contributed by atoms with Gasteiger partial charge in [-0.15, -0.1) is 0 Å². The van der Waals surface area contributed by atoms with Crippen molar-refractivity contribution in [1.82, 2.24) is 9.47 Å². The van der Waals surface area contributed by atoms with Gasteiger partial charge in [-0.25, -0.2) is 4.79 Å². The van der Waals surface area contributed by atoms with E-state index in [0.717, 1.165) is 51.3 Å². The number of halogens is 1. The molecule has 2 fully saturated rings. The molecule has 2 heterocycles. The molecule has 1 aromatic heterocycles. The minimum absolute atomic E-state index is 0.0906. The lowest BCUT2D eigenvalue weighted by Crippen LogP contribution is -2.46. The summed E-state index contributed by atoms with van der Waals surface area (Å²) >= 11 is 0. The number of nitrogens with zero attached hydrogens (tertiary/aromatic N) is 4. The van der Waals surface area contributed by atoms with Gasteiger partial charge < -0.3 is 19.5 Å². The summed E-state index contributed by atoms with van der Waals surface area (Å²) < 4.78 is 16.5. The maximum atomic E-state index is 15.1. The summed E-state index contributed by atoms with van der Waals surface area (Å²) in [6.45, 7) is 4.34.